The Kier molecular flexibility index (Phi) is 4.49. The lowest BCUT2D eigenvalue weighted by Crippen LogP contribution is -2.14. The number of aromatic hydroxyl groups is 1. The first-order valence-corrected chi connectivity index (χ1v) is 7.68. The maximum absolute atomic E-state index is 11.2. The summed E-state index contributed by atoms with van der Waals surface area (Å²) in [5, 5.41) is 22.8. The lowest BCUT2D eigenvalue weighted by Gasteiger charge is -2.13. The third kappa shape index (κ3) is 3.67. The zero-order valence-electron chi connectivity index (χ0n) is 13.9. The molecule has 128 valence electrons. The zero-order valence-corrected chi connectivity index (χ0v) is 13.9. The topological polar surface area (TPSA) is 98.6 Å². The minimum Gasteiger partial charge on any atom is -0.507 e. The van der Waals surface area contributed by atoms with Crippen molar-refractivity contribution in [2.24, 2.45) is 0 Å². The van der Waals surface area contributed by atoms with E-state index in [4.69, 9.17) is 5.11 Å². The summed E-state index contributed by atoms with van der Waals surface area (Å²) in [6, 6.07) is 11.9. The van der Waals surface area contributed by atoms with E-state index < -0.39 is 5.97 Å². The highest BCUT2D eigenvalue weighted by Crippen LogP contribution is 2.27. The maximum atomic E-state index is 11.2. The van der Waals surface area contributed by atoms with E-state index in [2.05, 4.69) is 15.3 Å². The van der Waals surface area contributed by atoms with E-state index in [1.165, 1.54) is 12.1 Å². The number of fused-ring (bicyclic) bond motifs is 1. The summed E-state index contributed by atoms with van der Waals surface area (Å²) in [6.45, 7) is 0.579. The van der Waals surface area contributed by atoms with Crippen molar-refractivity contribution in [3.05, 3.63) is 53.9 Å². The quantitative estimate of drug-likeness (QED) is 0.615. The maximum Gasteiger partial charge on any atom is 0.339 e. The van der Waals surface area contributed by atoms with E-state index in [0.29, 0.717) is 23.9 Å². The number of anilines is 2. The van der Waals surface area contributed by atoms with Crippen molar-refractivity contribution in [1.29, 1.82) is 0 Å². The van der Waals surface area contributed by atoms with Gasteiger partial charge in [0.15, 0.2) is 0 Å². The molecule has 7 nitrogen and oxygen atoms in total. The molecule has 0 bridgehead atoms. The summed E-state index contributed by atoms with van der Waals surface area (Å²) in [6.07, 6.45) is 0. The number of hydrogen-bond acceptors (Lipinski definition) is 6. The first kappa shape index (κ1) is 16.7. The number of aromatic nitrogens is 2. The van der Waals surface area contributed by atoms with Gasteiger partial charge in [-0.1, -0.05) is 12.1 Å². The van der Waals surface area contributed by atoms with Gasteiger partial charge in [0.1, 0.15) is 23.0 Å². The molecule has 0 radical (unpaired) electrons. The van der Waals surface area contributed by atoms with Crippen LogP contribution in [0.3, 0.4) is 0 Å². The highest BCUT2D eigenvalue weighted by atomic mass is 16.4. The van der Waals surface area contributed by atoms with Crippen LogP contribution in [0.2, 0.25) is 0 Å². The molecule has 0 aliphatic heterocycles. The van der Waals surface area contributed by atoms with Gasteiger partial charge in [-0.2, -0.15) is 0 Å². The Bertz CT molecular complexity index is 941. The lowest BCUT2D eigenvalue weighted by molar-refractivity contribution is 0.0694. The van der Waals surface area contributed by atoms with Gasteiger partial charge in [0.25, 0.3) is 0 Å². The highest BCUT2D eigenvalue weighted by molar-refractivity contribution is 5.94. The number of phenols is 1. The zero-order chi connectivity index (χ0) is 18.0. The van der Waals surface area contributed by atoms with Crippen LogP contribution in [0.5, 0.6) is 5.75 Å². The van der Waals surface area contributed by atoms with Crippen LogP contribution >= 0.6 is 0 Å². The Morgan fingerprint density at radius 3 is 2.64 bits per heavy atom. The van der Waals surface area contributed by atoms with Gasteiger partial charge < -0.3 is 20.4 Å². The standard InChI is InChI=1S/C18H18N4O3/c1-22(2)10-16-20-14-6-4-3-5-12(14)17(21-16)19-11-7-8-15(23)13(9-11)18(24)25/h3-9,23H,10H2,1-2H3,(H,24,25)(H,19,20,21). The molecule has 3 N–H and O–H groups in total. The molecule has 0 unspecified atom stereocenters. The van der Waals surface area contributed by atoms with Gasteiger partial charge in [0.2, 0.25) is 0 Å². The van der Waals surface area contributed by atoms with Gasteiger partial charge in [0, 0.05) is 11.1 Å². The van der Waals surface area contributed by atoms with Gasteiger partial charge in [-0.3, -0.25) is 0 Å². The van der Waals surface area contributed by atoms with Gasteiger partial charge >= 0.3 is 5.97 Å². The Balaban J connectivity index is 2.05. The van der Waals surface area contributed by atoms with Crippen LogP contribution in [0.1, 0.15) is 16.2 Å². The first-order valence-electron chi connectivity index (χ1n) is 7.68. The van der Waals surface area contributed by atoms with Gasteiger partial charge in [-0.25, -0.2) is 14.8 Å². The van der Waals surface area contributed by atoms with Crippen LogP contribution in [0, 0.1) is 0 Å². The van der Waals surface area contributed by atoms with Crippen molar-refractivity contribution >= 4 is 28.4 Å². The summed E-state index contributed by atoms with van der Waals surface area (Å²) in [5.41, 5.74) is 1.15. The van der Waals surface area contributed by atoms with Crippen LogP contribution in [-0.2, 0) is 6.54 Å². The molecule has 0 saturated carbocycles. The van der Waals surface area contributed by atoms with E-state index in [9.17, 15) is 9.90 Å². The predicted octanol–water partition coefficient (Wildman–Crippen LogP) is 2.84. The SMILES string of the molecule is CN(C)Cc1nc(Nc2ccc(O)c(C(=O)O)c2)c2ccccc2n1. The van der Waals surface area contributed by atoms with Crippen LogP contribution < -0.4 is 5.32 Å². The molecule has 0 atom stereocenters. The number of rotatable bonds is 5. The molecular formula is C18H18N4O3. The number of aromatic carboxylic acids is 1. The second-order valence-electron chi connectivity index (χ2n) is 5.91. The Morgan fingerprint density at radius 1 is 1.16 bits per heavy atom. The number of carboxylic acid groups (broad SMARTS) is 1. The molecule has 1 aromatic heterocycles. The Morgan fingerprint density at radius 2 is 1.92 bits per heavy atom. The van der Waals surface area contributed by atoms with Crippen LogP contribution in [-0.4, -0.2) is 45.1 Å². The minimum absolute atomic E-state index is 0.170. The number of nitrogens with one attached hydrogen (secondary N) is 1. The molecule has 0 amide bonds. The lowest BCUT2D eigenvalue weighted by atomic mass is 10.1. The number of para-hydroxylation sites is 1. The second kappa shape index (κ2) is 6.74. The highest BCUT2D eigenvalue weighted by Gasteiger charge is 2.12. The smallest absolute Gasteiger partial charge is 0.339 e. The summed E-state index contributed by atoms with van der Waals surface area (Å²) >= 11 is 0. The van der Waals surface area contributed by atoms with E-state index in [1.54, 1.807) is 6.07 Å². The van der Waals surface area contributed by atoms with Crippen LogP contribution in [0.25, 0.3) is 10.9 Å². The Hall–Kier alpha value is -3.19. The summed E-state index contributed by atoms with van der Waals surface area (Å²) in [5.74, 6) is -0.228. The van der Waals surface area contributed by atoms with Crippen LogP contribution in [0.4, 0.5) is 11.5 Å². The van der Waals surface area contributed by atoms with E-state index in [0.717, 1.165) is 10.9 Å². The molecule has 0 fully saturated rings. The molecule has 1 heterocycles. The number of carboxylic acids is 1. The normalized spacial score (nSPS) is 11.0. The molecule has 3 rings (SSSR count). The fraction of sp³-hybridized carbons (Fsp3) is 0.167. The van der Waals surface area contributed by atoms with E-state index >= 15 is 0 Å². The first-order chi connectivity index (χ1) is 11.9. The van der Waals surface area contributed by atoms with Gasteiger partial charge in [-0.05, 0) is 44.4 Å². The van der Waals surface area contributed by atoms with Crippen molar-refractivity contribution < 1.29 is 15.0 Å². The van der Waals surface area contributed by atoms with Crippen molar-refractivity contribution in [3.63, 3.8) is 0 Å². The van der Waals surface area contributed by atoms with Gasteiger partial charge in [0.05, 0.1) is 12.1 Å². The molecule has 25 heavy (non-hydrogen) atoms. The molecule has 7 heteroatoms. The van der Waals surface area contributed by atoms with Gasteiger partial charge in [-0.15, -0.1) is 0 Å². The minimum atomic E-state index is -1.19. The fourth-order valence-electron chi connectivity index (χ4n) is 2.50. The second-order valence-corrected chi connectivity index (χ2v) is 5.91. The number of carbonyl (C=O) groups is 1. The Labute approximate surface area is 144 Å². The van der Waals surface area contributed by atoms with Crippen molar-refractivity contribution in [2.75, 3.05) is 19.4 Å². The summed E-state index contributed by atoms with van der Waals surface area (Å²) in [4.78, 5) is 22.3. The third-order valence-electron chi connectivity index (χ3n) is 3.60. The van der Waals surface area contributed by atoms with Crippen molar-refractivity contribution in [1.82, 2.24) is 14.9 Å². The predicted molar refractivity (Wildman–Crippen MR) is 95.3 cm³/mol. The molecular weight excluding hydrogens is 320 g/mol. The average Bonchev–Trinajstić information content (AvgIpc) is 2.55. The molecule has 2 aromatic carbocycles. The van der Waals surface area contributed by atoms with E-state index in [1.807, 2.05) is 43.3 Å². The largest absolute Gasteiger partial charge is 0.507 e. The average molecular weight is 338 g/mol. The molecule has 0 spiro atoms. The molecule has 0 saturated heterocycles. The van der Waals surface area contributed by atoms with Crippen LogP contribution in [0.15, 0.2) is 42.5 Å². The summed E-state index contributed by atoms with van der Waals surface area (Å²) in [7, 11) is 3.87. The monoisotopic (exact) mass is 338 g/mol. The van der Waals surface area contributed by atoms with Crippen molar-refractivity contribution in [2.45, 2.75) is 6.54 Å². The van der Waals surface area contributed by atoms with Crippen molar-refractivity contribution in [3.8, 4) is 5.75 Å². The van der Waals surface area contributed by atoms with E-state index in [-0.39, 0.29) is 11.3 Å². The molecule has 0 aliphatic carbocycles. The number of benzene rings is 2. The molecule has 0 aliphatic rings. The summed E-state index contributed by atoms with van der Waals surface area (Å²) < 4.78 is 0. The third-order valence-corrected chi connectivity index (χ3v) is 3.60. The number of hydrogen-bond donors (Lipinski definition) is 3. The number of nitrogens with zero attached hydrogens (tertiary/aromatic N) is 3. The fourth-order valence-corrected chi connectivity index (χ4v) is 2.50. The molecule has 3 aromatic rings.